The zero-order chi connectivity index (χ0) is 20.9. The van der Waals surface area contributed by atoms with E-state index in [9.17, 15) is 13.9 Å². The number of aromatic nitrogens is 3. The zero-order valence-electron chi connectivity index (χ0n) is 16.1. The fourth-order valence-electron chi connectivity index (χ4n) is 3.00. The Morgan fingerprint density at radius 2 is 2.07 bits per heavy atom. The molecular formula is C22H21F2N3O2. The topological polar surface area (TPSA) is 60.2 Å². The van der Waals surface area contributed by atoms with Gasteiger partial charge >= 0.3 is 0 Å². The van der Waals surface area contributed by atoms with Crippen LogP contribution in [-0.2, 0) is 16.9 Å². The lowest BCUT2D eigenvalue weighted by Crippen LogP contribution is -2.44. The SMILES string of the molecule is Cc1cccc(C#CCO[C@H](C)[C@](O)(Cn2cncn2)c2ccc(F)cc2F)c1. The standard InChI is InChI=1S/C22H21F2N3O2/c1-16-5-3-6-18(11-16)7-4-10-29-17(2)22(28,13-27-15-25-14-26-27)20-9-8-19(23)12-21(20)24/h3,5-6,8-9,11-12,14-15,17,28H,10,13H2,1-2H3/t17-,22-/m1/s1. The van der Waals surface area contributed by atoms with E-state index < -0.39 is 23.3 Å². The number of hydrogen-bond acceptors (Lipinski definition) is 4. The van der Waals surface area contributed by atoms with E-state index in [0.29, 0.717) is 0 Å². The van der Waals surface area contributed by atoms with Crippen molar-refractivity contribution >= 4 is 0 Å². The molecule has 2 atom stereocenters. The van der Waals surface area contributed by atoms with Crippen molar-refractivity contribution < 1.29 is 18.6 Å². The van der Waals surface area contributed by atoms with Crippen LogP contribution in [0, 0.1) is 30.4 Å². The van der Waals surface area contributed by atoms with Gasteiger partial charge in [-0.3, -0.25) is 0 Å². The van der Waals surface area contributed by atoms with E-state index in [1.165, 1.54) is 23.4 Å². The van der Waals surface area contributed by atoms with Crippen molar-refractivity contribution in [1.29, 1.82) is 0 Å². The number of rotatable bonds is 6. The Kier molecular flexibility index (Phi) is 6.37. The molecule has 0 aliphatic rings. The molecule has 0 unspecified atom stereocenters. The first-order valence-corrected chi connectivity index (χ1v) is 9.06. The van der Waals surface area contributed by atoms with Crippen molar-refractivity contribution in [3.05, 3.63) is 83.4 Å². The number of aliphatic hydroxyl groups is 1. The molecule has 150 valence electrons. The molecule has 0 saturated carbocycles. The fraction of sp³-hybridized carbons (Fsp3) is 0.273. The van der Waals surface area contributed by atoms with Gasteiger partial charge in [-0.25, -0.2) is 18.4 Å². The third kappa shape index (κ3) is 5.05. The summed E-state index contributed by atoms with van der Waals surface area (Å²) >= 11 is 0. The maximum absolute atomic E-state index is 14.5. The number of halogens is 2. The number of ether oxygens (including phenoxy) is 1. The smallest absolute Gasteiger partial charge is 0.138 e. The van der Waals surface area contributed by atoms with Crippen molar-refractivity contribution in [1.82, 2.24) is 14.8 Å². The number of benzene rings is 2. The third-order valence-electron chi connectivity index (χ3n) is 4.60. The molecule has 0 aliphatic carbocycles. The second-order valence-corrected chi connectivity index (χ2v) is 6.77. The first-order valence-electron chi connectivity index (χ1n) is 9.06. The molecule has 5 nitrogen and oxygen atoms in total. The minimum atomic E-state index is -1.81. The highest BCUT2D eigenvalue weighted by molar-refractivity contribution is 5.36. The minimum absolute atomic E-state index is 0.0254. The molecule has 0 radical (unpaired) electrons. The normalized spacial score (nSPS) is 14.0. The third-order valence-corrected chi connectivity index (χ3v) is 4.60. The van der Waals surface area contributed by atoms with Gasteiger partial charge in [-0.05, 0) is 37.6 Å². The van der Waals surface area contributed by atoms with Gasteiger partial charge in [-0.2, -0.15) is 5.10 Å². The molecule has 0 saturated heterocycles. The van der Waals surface area contributed by atoms with E-state index in [2.05, 4.69) is 21.9 Å². The minimum Gasteiger partial charge on any atom is -0.380 e. The van der Waals surface area contributed by atoms with E-state index >= 15 is 0 Å². The van der Waals surface area contributed by atoms with Crippen LogP contribution in [0.25, 0.3) is 0 Å². The van der Waals surface area contributed by atoms with Gasteiger partial charge in [-0.1, -0.05) is 30.0 Å². The van der Waals surface area contributed by atoms with Crippen LogP contribution in [0.1, 0.15) is 23.6 Å². The summed E-state index contributed by atoms with van der Waals surface area (Å²) in [4.78, 5) is 3.84. The zero-order valence-corrected chi connectivity index (χ0v) is 16.1. The average Bonchev–Trinajstić information content (AvgIpc) is 3.17. The summed E-state index contributed by atoms with van der Waals surface area (Å²) < 4.78 is 34.9. The Hall–Kier alpha value is -3.08. The lowest BCUT2D eigenvalue weighted by atomic mass is 9.88. The largest absolute Gasteiger partial charge is 0.380 e. The Morgan fingerprint density at radius 3 is 2.76 bits per heavy atom. The highest BCUT2D eigenvalue weighted by atomic mass is 19.1. The van der Waals surface area contributed by atoms with Gasteiger partial charge in [0.15, 0.2) is 0 Å². The average molecular weight is 397 g/mol. The Balaban J connectivity index is 1.80. The molecule has 1 N–H and O–H groups in total. The maximum atomic E-state index is 14.5. The van der Waals surface area contributed by atoms with E-state index in [1.807, 2.05) is 31.2 Å². The lowest BCUT2D eigenvalue weighted by Gasteiger charge is -2.34. The molecule has 0 fully saturated rings. The van der Waals surface area contributed by atoms with Crippen LogP contribution in [0.4, 0.5) is 8.78 Å². The van der Waals surface area contributed by atoms with E-state index in [1.54, 1.807) is 6.92 Å². The Bertz CT molecular complexity index is 1030. The van der Waals surface area contributed by atoms with Crippen LogP contribution in [0.5, 0.6) is 0 Å². The molecule has 2 aromatic carbocycles. The van der Waals surface area contributed by atoms with Gasteiger partial charge in [0.05, 0.1) is 12.6 Å². The molecule has 29 heavy (non-hydrogen) atoms. The summed E-state index contributed by atoms with van der Waals surface area (Å²) in [5.74, 6) is 4.29. The lowest BCUT2D eigenvalue weighted by molar-refractivity contribution is -0.111. The van der Waals surface area contributed by atoms with Crippen LogP contribution in [0.3, 0.4) is 0 Å². The summed E-state index contributed by atoms with van der Waals surface area (Å²) in [7, 11) is 0. The van der Waals surface area contributed by atoms with Crippen LogP contribution in [0.2, 0.25) is 0 Å². The van der Waals surface area contributed by atoms with Gasteiger partial charge in [0, 0.05) is 17.2 Å². The summed E-state index contributed by atoms with van der Waals surface area (Å²) in [6, 6.07) is 10.8. The molecule has 3 aromatic rings. The summed E-state index contributed by atoms with van der Waals surface area (Å²) in [6.45, 7) is 3.49. The fourth-order valence-corrected chi connectivity index (χ4v) is 3.00. The number of nitrogens with zero attached hydrogens (tertiary/aromatic N) is 3. The Labute approximate surface area is 168 Å². The second-order valence-electron chi connectivity index (χ2n) is 6.77. The number of hydrogen-bond donors (Lipinski definition) is 1. The quantitative estimate of drug-likeness (QED) is 0.649. The van der Waals surface area contributed by atoms with Crippen molar-refractivity contribution in [3.8, 4) is 11.8 Å². The summed E-state index contributed by atoms with van der Waals surface area (Å²) in [5, 5.41) is 15.3. The molecule has 1 heterocycles. The van der Waals surface area contributed by atoms with Crippen molar-refractivity contribution in [2.24, 2.45) is 0 Å². The van der Waals surface area contributed by atoms with Gasteiger partial charge in [0.1, 0.15) is 36.5 Å². The van der Waals surface area contributed by atoms with Gasteiger partial charge < -0.3 is 9.84 Å². The summed E-state index contributed by atoms with van der Waals surface area (Å²) in [6.07, 6.45) is 1.84. The molecule has 3 rings (SSSR count). The highest BCUT2D eigenvalue weighted by Crippen LogP contribution is 2.31. The molecule has 0 amide bonds. The highest BCUT2D eigenvalue weighted by Gasteiger charge is 2.40. The predicted octanol–water partition coefficient (Wildman–Crippen LogP) is 3.21. The van der Waals surface area contributed by atoms with Gasteiger partial charge in [0.2, 0.25) is 0 Å². The molecule has 7 heteroatoms. The molecule has 0 aliphatic heterocycles. The maximum Gasteiger partial charge on any atom is 0.138 e. The molecular weight excluding hydrogens is 376 g/mol. The first kappa shape index (κ1) is 20.6. The second kappa shape index (κ2) is 8.95. The van der Waals surface area contributed by atoms with Crippen LogP contribution in [-0.4, -0.2) is 32.6 Å². The predicted molar refractivity (Wildman–Crippen MR) is 104 cm³/mol. The van der Waals surface area contributed by atoms with Crippen molar-refractivity contribution in [2.75, 3.05) is 6.61 Å². The number of aryl methyl sites for hydroxylation is 1. The van der Waals surface area contributed by atoms with E-state index in [0.717, 1.165) is 23.3 Å². The molecule has 0 spiro atoms. The monoisotopic (exact) mass is 397 g/mol. The van der Waals surface area contributed by atoms with E-state index in [4.69, 9.17) is 4.74 Å². The first-order chi connectivity index (χ1) is 13.9. The van der Waals surface area contributed by atoms with Crippen LogP contribution >= 0.6 is 0 Å². The molecule has 0 bridgehead atoms. The van der Waals surface area contributed by atoms with Crippen molar-refractivity contribution in [2.45, 2.75) is 32.1 Å². The van der Waals surface area contributed by atoms with Gasteiger partial charge in [0.25, 0.3) is 0 Å². The van der Waals surface area contributed by atoms with Crippen LogP contribution < -0.4 is 0 Å². The van der Waals surface area contributed by atoms with E-state index in [-0.39, 0.29) is 18.7 Å². The van der Waals surface area contributed by atoms with Crippen molar-refractivity contribution in [3.63, 3.8) is 0 Å². The molecule has 1 aromatic heterocycles. The van der Waals surface area contributed by atoms with Gasteiger partial charge in [-0.15, -0.1) is 0 Å². The Morgan fingerprint density at radius 1 is 1.24 bits per heavy atom. The summed E-state index contributed by atoms with van der Waals surface area (Å²) in [5.41, 5.74) is 0.0496. The van der Waals surface area contributed by atoms with Crippen LogP contribution in [0.15, 0.2) is 55.1 Å².